The van der Waals surface area contributed by atoms with Gasteiger partial charge in [0.1, 0.15) is 0 Å². The summed E-state index contributed by atoms with van der Waals surface area (Å²) in [5, 5.41) is 11.5. The fourth-order valence-corrected chi connectivity index (χ4v) is 1.86. The highest BCUT2D eigenvalue weighted by molar-refractivity contribution is 5.92. The van der Waals surface area contributed by atoms with Crippen LogP contribution in [0.2, 0.25) is 0 Å². The highest BCUT2D eigenvalue weighted by atomic mass is 16.2. The number of rotatable bonds is 7. The second-order valence-electron chi connectivity index (χ2n) is 5.67. The molecule has 5 nitrogen and oxygen atoms in total. The molecule has 0 saturated heterocycles. The summed E-state index contributed by atoms with van der Waals surface area (Å²) in [7, 11) is 1.91. The largest absolute Gasteiger partial charge is 0.327 e. The SMILES string of the molecule is CC(C)C(N)CCN(C)CC(=O)Nc1ccc(C#N)cc1. The van der Waals surface area contributed by atoms with Gasteiger partial charge in [0.05, 0.1) is 18.2 Å². The van der Waals surface area contributed by atoms with Gasteiger partial charge in [-0.1, -0.05) is 13.8 Å². The average Bonchev–Trinajstić information content (AvgIpc) is 2.45. The number of nitriles is 1. The van der Waals surface area contributed by atoms with Crippen molar-refractivity contribution >= 4 is 11.6 Å². The van der Waals surface area contributed by atoms with Crippen LogP contribution in [0.1, 0.15) is 25.8 Å². The lowest BCUT2D eigenvalue weighted by Crippen LogP contribution is -2.35. The third-order valence-electron chi connectivity index (χ3n) is 3.41. The molecule has 21 heavy (non-hydrogen) atoms. The summed E-state index contributed by atoms with van der Waals surface area (Å²) in [5.74, 6) is 0.381. The molecule has 0 bridgehead atoms. The van der Waals surface area contributed by atoms with Crippen molar-refractivity contribution in [3.8, 4) is 6.07 Å². The van der Waals surface area contributed by atoms with Crippen molar-refractivity contribution in [1.82, 2.24) is 4.90 Å². The number of likely N-dealkylation sites (N-methyl/N-ethyl adjacent to an activating group) is 1. The lowest BCUT2D eigenvalue weighted by molar-refractivity contribution is -0.117. The summed E-state index contributed by atoms with van der Waals surface area (Å²) in [4.78, 5) is 13.9. The highest BCUT2D eigenvalue weighted by Gasteiger charge is 2.11. The first-order valence-corrected chi connectivity index (χ1v) is 7.16. The Morgan fingerprint density at radius 3 is 2.52 bits per heavy atom. The summed E-state index contributed by atoms with van der Waals surface area (Å²) in [6.07, 6.45) is 0.873. The van der Waals surface area contributed by atoms with Gasteiger partial charge in [0.15, 0.2) is 0 Å². The summed E-state index contributed by atoms with van der Waals surface area (Å²) in [5.41, 5.74) is 7.27. The quantitative estimate of drug-likeness (QED) is 0.801. The standard InChI is InChI=1S/C16H24N4O/c1-12(2)15(18)8-9-20(3)11-16(21)19-14-6-4-13(10-17)5-7-14/h4-7,12,15H,8-9,11,18H2,1-3H3,(H,19,21). The molecular weight excluding hydrogens is 264 g/mol. The average molecular weight is 288 g/mol. The topological polar surface area (TPSA) is 82.2 Å². The van der Waals surface area contributed by atoms with Gasteiger partial charge in [-0.25, -0.2) is 0 Å². The molecule has 1 rings (SSSR count). The highest BCUT2D eigenvalue weighted by Crippen LogP contribution is 2.09. The Hall–Kier alpha value is -1.90. The van der Waals surface area contributed by atoms with Crippen LogP contribution < -0.4 is 11.1 Å². The first kappa shape index (κ1) is 17.2. The van der Waals surface area contributed by atoms with E-state index in [1.807, 2.05) is 18.0 Å². The Kier molecular flexibility index (Phi) is 6.86. The molecule has 0 spiro atoms. The van der Waals surface area contributed by atoms with Gasteiger partial charge in [-0.15, -0.1) is 0 Å². The van der Waals surface area contributed by atoms with E-state index in [4.69, 9.17) is 11.0 Å². The van der Waals surface area contributed by atoms with E-state index in [1.165, 1.54) is 0 Å². The summed E-state index contributed by atoms with van der Waals surface area (Å²) in [6, 6.07) is 9.02. The second-order valence-corrected chi connectivity index (χ2v) is 5.67. The number of carbonyl (C=O) groups excluding carboxylic acids is 1. The van der Waals surface area contributed by atoms with E-state index in [9.17, 15) is 4.79 Å². The van der Waals surface area contributed by atoms with Crippen molar-refractivity contribution in [2.75, 3.05) is 25.5 Å². The number of hydrogen-bond donors (Lipinski definition) is 2. The molecule has 1 atom stereocenters. The molecule has 0 aliphatic rings. The Morgan fingerprint density at radius 1 is 1.38 bits per heavy atom. The molecule has 114 valence electrons. The predicted molar refractivity (Wildman–Crippen MR) is 84.7 cm³/mol. The van der Waals surface area contributed by atoms with Crippen LogP contribution >= 0.6 is 0 Å². The molecule has 0 aliphatic carbocycles. The van der Waals surface area contributed by atoms with Gasteiger partial charge in [0, 0.05) is 11.7 Å². The number of nitrogens with zero attached hydrogens (tertiary/aromatic N) is 2. The van der Waals surface area contributed by atoms with Crippen LogP contribution in [-0.2, 0) is 4.79 Å². The van der Waals surface area contributed by atoms with Crippen LogP contribution in [0, 0.1) is 17.2 Å². The molecule has 1 unspecified atom stereocenters. The number of nitrogens with two attached hydrogens (primary N) is 1. The van der Waals surface area contributed by atoms with Gasteiger partial charge in [-0.3, -0.25) is 9.69 Å². The first-order chi connectivity index (χ1) is 9.92. The number of hydrogen-bond acceptors (Lipinski definition) is 4. The molecule has 0 aliphatic heterocycles. The zero-order valence-corrected chi connectivity index (χ0v) is 13.0. The number of amides is 1. The van der Waals surface area contributed by atoms with E-state index in [0.717, 1.165) is 13.0 Å². The van der Waals surface area contributed by atoms with Gasteiger partial charge in [-0.2, -0.15) is 5.26 Å². The Bertz CT molecular complexity index is 490. The molecule has 1 amide bonds. The number of carbonyl (C=O) groups is 1. The molecule has 0 saturated carbocycles. The maximum atomic E-state index is 11.9. The summed E-state index contributed by atoms with van der Waals surface area (Å²) >= 11 is 0. The van der Waals surface area contributed by atoms with Crippen LogP contribution in [-0.4, -0.2) is 37.0 Å². The zero-order valence-electron chi connectivity index (χ0n) is 13.0. The van der Waals surface area contributed by atoms with Gasteiger partial charge in [0.2, 0.25) is 5.91 Å². The molecule has 5 heteroatoms. The maximum absolute atomic E-state index is 11.9. The van der Waals surface area contributed by atoms with Crippen molar-refractivity contribution < 1.29 is 4.79 Å². The maximum Gasteiger partial charge on any atom is 0.238 e. The lowest BCUT2D eigenvalue weighted by Gasteiger charge is -2.20. The fraction of sp³-hybridized carbons (Fsp3) is 0.500. The predicted octanol–water partition coefficient (Wildman–Crippen LogP) is 1.80. The second kappa shape index (κ2) is 8.40. The normalized spacial score (nSPS) is 12.2. The van der Waals surface area contributed by atoms with Gasteiger partial charge < -0.3 is 11.1 Å². The third kappa shape index (κ3) is 6.39. The van der Waals surface area contributed by atoms with Gasteiger partial charge in [0.25, 0.3) is 0 Å². The van der Waals surface area contributed by atoms with E-state index in [0.29, 0.717) is 23.7 Å². The minimum Gasteiger partial charge on any atom is -0.327 e. The minimum absolute atomic E-state index is 0.0691. The molecule has 0 radical (unpaired) electrons. The minimum atomic E-state index is -0.0691. The van der Waals surface area contributed by atoms with Crippen LogP contribution in [0.25, 0.3) is 0 Å². The molecule has 0 aromatic heterocycles. The van der Waals surface area contributed by atoms with E-state index in [1.54, 1.807) is 24.3 Å². The van der Waals surface area contributed by atoms with Crippen molar-refractivity contribution in [2.24, 2.45) is 11.7 Å². The van der Waals surface area contributed by atoms with E-state index >= 15 is 0 Å². The lowest BCUT2D eigenvalue weighted by atomic mass is 10.0. The third-order valence-corrected chi connectivity index (χ3v) is 3.41. The van der Waals surface area contributed by atoms with Crippen LogP contribution in [0.4, 0.5) is 5.69 Å². The zero-order chi connectivity index (χ0) is 15.8. The Labute approximate surface area is 126 Å². The monoisotopic (exact) mass is 288 g/mol. The van der Waals surface area contributed by atoms with E-state index < -0.39 is 0 Å². The van der Waals surface area contributed by atoms with Crippen LogP contribution in [0.3, 0.4) is 0 Å². The number of benzene rings is 1. The van der Waals surface area contributed by atoms with Crippen LogP contribution in [0.5, 0.6) is 0 Å². The number of anilines is 1. The van der Waals surface area contributed by atoms with Crippen LogP contribution in [0.15, 0.2) is 24.3 Å². The van der Waals surface area contributed by atoms with E-state index in [-0.39, 0.29) is 11.9 Å². The van der Waals surface area contributed by atoms with Crippen molar-refractivity contribution in [2.45, 2.75) is 26.3 Å². The molecule has 0 fully saturated rings. The summed E-state index contributed by atoms with van der Waals surface area (Å²) < 4.78 is 0. The fourth-order valence-electron chi connectivity index (χ4n) is 1.86. The Balaban J connectivity index is 2.37. The van der Waals surface area contributed by atoms with Crippen molar-refractivity contribution in [3.63, 3.8) is 0 Å². The van der Waals surface area contributed by atoms with Gasteiger partial charge >= 0.3 is 0 Å². The molecule has 1 aromatic carbocycles. The molecule has 1 aromatic rings. The molecule has 3 N–H and O–H groups in total. The smallest absolute Gasteiger partial charge is 0.238 e. The first-order valence-electron chi connectivity index (χ1n) is 7.16. The number of nitrogens with one attached hydrogen (secondary N) is 1. The molecule has 0 heterocycles. The Morgan fingerprint density at radius 2 is 2.00 bits per heavy atom. The van der Waals surface area contributed by atoms with Crippen molar-refractivity contribution in [3.05, 3.63) is 29.8 Å². The van der Waals surface area contributed by atoms with Crippen molar-refractivity contribution in [1.29, 1.82) is 5.26 Å². The summed E-state index contributed by atoms with van der Waals surface area (Å²) in [6.45, 7) is 5.31. The van der Waals surface area contributed by atoms with E-state index in [2.05, 4.69) is 19.2 Å². The molecular formula is C16H24N4O. The van der Waals surface area contributed by atoms with Gasteiger partial charge in [-0.05, 0) is 50.2 Å².